The average molecular weight is 479 g/mol. The summed E-state index contributed by atoms with van der Waals surface area (Å²) in [6.07, 6.45) is 3.43. The number of esters is 1. The summed E-state index contributed by atoms with van der Waals surface area (Å²) >= 11 is 14.3. The third kappa shape index (κ3) is 4.81. The monoisotopic (exact) mass is 478 g/mol. The van der Waals surface area contributed by atoms with Crippen LogP contribution in [-0.2, 0) is 16.1 Å². The number of hydrogen-bond acceptors (Lipinski definition) is 5. The Morgan fingerprint density at radius 2 is 1.94 bits per heavy atom. The number of rotatable bonds is 5. The van der Waals surface area contributed by atoms with Crippen molar-refractivity contribution in [1.29, 1.82) is 0 Å². The van der Waals surface area contributed by atoms with Gasteiger partial charge >= 0.3 is 5.97 Å². The van der Waals surface area contributed by atoms with E-state index in [1.54, 1.807) is 11.3 Å². The van der Waals surface area contributed by atoms with Crippen molar-refractivity contribution >= 4 is 40.5 Å². The predicted molar refractivity (Wildman–Crippen MR) is 126 cm³/mol. The first-order valence-corrected chi connectivity index (χ1v) is 12.8. The van der Waals surface area contributed by atoms with Gasteiger partial charge in [0, 0.05) is 61.7 Å². The number of halogens is 2. The number of piperidine rings is 1. The zero-order valence-corrected chi connectivity index (χ0v) is 19.9. The molecule has 0 N–H and O–H groups in total. The highest BCUT2D eigenvalue weighted by molar-refractivity contribution is 7.08. The zero-order chi connectivity index (χ0) is 21.4. The van der Waals surface area contributed by atoms with Gasteiger partial charge in [-0.15, -0.1) is 0 Å². The molecule has 3 aliphatic rings. The van der Waals surface area contributed by atoms with E-state index in [9.17, 15) is 4.79 Å². The maximum absolute atomic E-state index is 11.6. The van der Waals surface area contributed by atoms with Gasteiger partial charge in [-0.25, -0.2) is 0 Å². The van der Waals surface area contributed by atoms with Crippen LogP contribution in [0.3, 0.4) is 0 Å². The molecule has 3 fully saturated rings. The molecule has 3 saturated heterocycles. The molecule has 31 heavy (non-hydrogen) atoms. The first-order valence-electron chi connectivity index (χ1n) is 11.1. The Kier molecular flexibility index (Phi) is 6.33. The summed E-state index contributed by atoms with van der Waals surface area (Å²) in [6.45, 7) is 6.10. The van der Waals surface area contributed by atoms with Gasteiger partial charge in [0.25, 0.3) is 0 Å². The van der Waals surface area contributed by atoms with Crippen LogP contribution in [0.1, 0.15) is 42.7 Å². The molecular weight excluding hydrogens is 451 g/mol. The molecule has 0 saturated carbocycles. The summed E-state index contributed by atoms with van der Waals surface area (Å²) in [7, 11) is 0. The van der Waals surface area contributed by atoms with E-state index in [2.05, 4.69) is 26.6 Å². The SMILES string of the molecule is O=C1CCC2(CCN(CC3CN(Cc4ccc(Cl)cc4Cl)C[C@@H]3c3ccsc3)CC2)O1. The van der Waals surface area contributed by atoms with Crippen molar-refractivity contribution in [2.45, 2.75) is 43.7 Å². The van der Waals surface area contributed by atoms with E-state index in [1.807, 2.05) is 18.2 Å². The van der Waals surface area contributed by atoms with Crippen molar-refractivity contribution in [2.75, 3.05) is 32.7 Å². The maximum Gasteiger partial charge on any atom is 0.306 e. The number of thiophene rings is 1. The molecule has 2 atom stereocenters. The minimum absolute atomic E-state index is 0.0155. The van der Waals surface area contributed by atoms with Crippen molar-refractivity contribution in [3.05, 3.63) is 56.2 Å². The molecule has 166 valence electrons. The smallest absolute Gasteiger partial charge is 0.306 e. The molecule has 1 spiro atoms. The summed E-state index contributed by atoms with van der Waals surface area (Å²) in [4.78, 5) is 16.7. The van der Waals surface area contributed by atoms with E-state index < -0.39 is 0 Å². The molecule has 4 nitrogen and oxygen atoms in total. The number of nitrogens with zero attached hydrogens (tertiary/aromatic N) is 2. The Balaban J connectivity index is 1.25. The normalized spacial score (nSPS) is 26.6. The van der Waals surface area contributed by atoms with Gasteiger partial charge < -0.3 is 9.64 Å². The second-order valence-electron chi connectivity index (χ2n) is 9.31. The predicted octanol–water partition coefficient (Wildman–Crippen LogP) is 5.44. The average Bonchev–Trinajstić information content (AvgIpc) is 3.47. The molecule has 7 heteroatoms. The third-order valence-corrected chi connectivity index (χ3v) is 8.56. The Bertz CT molecular complexity index is 928. The fourth-order valence-corrected chi connectivity index (χ4v) is 6.72. The lowest BCUT2D eigenvalue weighted by molar-refractivity contribution is -0.152. The first-order chi connectivity index (χ1) is 15.0. The van der Waals surface area contributed by atoms with Gasteiger partial charge in [0.2, 0.25) is 0 Å². The molecule has 3 aliphatic heterocycles. The highest BCUT2D eigenvalue weighted by Gasteiger charge is 2.43. The number of carbonyl (C=O) groups excluding carboxylic acids is 1. The highest BCUT2D eigenvalue weighted by atomic mass is 35.5. The van der Waals surface area contributed by atoms with Crippen LogP contribution in [0.4, 0.5) is 0 Å². The molecule has 5 rings (SSSR count). The van der Waals surface area contributed by atoms with Crippen molar-refractivity contribution in [1.82, 2.24) is 9.80 Å². The van der Waals surface area contributed by atoms with Gasteiger partial charge in [0.05, 0.1) is 0 Å². The standard InChI is InChI=1S/C24H28Cl2N2O2S/c25-20-2-1-17(22(26)11-20)12-28-14-19(21(15-28)18-4-10-31-16-18)13-27-8-6-24(7-9-27)5-3-23(29)30-24/h1-2,4,10-11,16,19,21H,3,5-9,12-15H2/t19?,21-/m1/s1. The molecule has 1 aromatic carbocycles. The Morgan fingerprint density at radius 3 is 2.61 bits per heavy atom. The third-order valence-electron chi connectivity index (χ3n) is 7.27. The van der Waals surface area contributed by atoms with Crippen molar-refractivity contribution < 1.29 is 9.53 Å². The van der Waals surface area contributed by atoms with Crippen LogP contribution in [0.2, 0.25) is 10.0 Å². The summed E-state index contributed by atoms with van der Waals surface area (Å²) in [5.41, 5.74) is 2.42. The molecule has 1 aromatic heterocycles. The van der Waals surface area contributed by atoms with Crippen LogP contribution in [0.25, 0.3) is 0 Å². The largest absolute Gasteiger partial charge is 0.459 e. The summed E-state index contributed by atoms with van der Waals surface area (Å²) in [5.74, 6) is 1.11. The lowest BCUT2D eigenvalue weighted by atomic mass is 9.86. The second-order valence-corrected chi connectivity index (χ2v) is 10.9. The molecule has 1 unspecified atom stereocenters. The molecule has 0 bridgehead atoms. The zero-order valence-electron chi connectivity index (χ0n) is 17.6. The van der Waals surface area contributed by atoms with Crippen LogP contribution in [-0.4, -0.2) is 54.1 Å². The summed E-state index contributed by atoms with van der Waals surface area (Å²) in [5, 5.41) is 5.92. The van der Waals surface area contributed by atoms with E-state index in [4.69, 9.17) is 27.9 Å². The summed E-state index contributed by atoms with van der Waals surface area (Å²) < 4.78 is 5.70. The number of hydrogen-bond donors (Lipinski definition) is 0. The van der Waals surface area contributed by atoms with Gasteiger partial charge in [-0.1, -0.05) is 29.3 Å². The molecule has 0 amide bonds. The van der Waals surface area contributed by atoms with Crippen molar-refractivity contribution in [3.8, 4) is 0 Å². The molecular formula is C24H28Cl2N2O2S. The second kappa shape index (κ2) is 9.03. The highest BCUT2D eigenvalue weighted by Crippen LogP contribution is 2.39. The lowest BCUT2D eigenvalue weighted by Crippen LogP contribution is -2.46. The fraction of sp³-hybridized carbons (Fsp3) is 0.542. The first kappa shape index (κ1) is 21.7. The maximum atomic E-state index is 11.6. The topological polar surface area (TPSA) is 32.8 Å². The van der Waals surface area contributed by atoms with E-state index in [-0.39, 0.29) is 11.6 Å². The molecule has 2 aromatic rings. The Labute approximate surface area is 198 Å². The van der Waals surface area contributed by atoms with Crippen LogP contribution < -0.4 is 0 Å². The van der Waals surface area contributed by atoms with Gasteiger partial charge in [0.15, 0.2) is 0 Å². The van der Waals surface area contributed by atoms with E-state index in [1.165, 1.54) is 5.56 Å². The van der Waals surface area contributed by atoms with E-state index >= 15 is 0 Å². The Morgan fingerprint density at radius 1 is 1.10 bits per heavy atom. The van der Waals surface area contributed by atoms with E-state index in [0.29, 0.717) is 23.3 Å². The minimum atomic E-state index is -0.173. The van der Waals surface area contributed by atoms with Crippen LogP contribution >= 0.6 is 34.5 Å². The fourth-order valence-electron chi connectivity index (χ4n) is 5.53. The van der Waals surface area contributed by atoms with Gasteiger partial charge in [-0.3, -0.25) is 9.69 Å². The van der Waals surface area contributed by atoms with Gasteiger partial charge in [-0.2, -0.15) is 11.3 Å². The van der Waals surface area contributed by atoms with Crippen LogP contribution in [0.5, 0.6) is 0 Å². The quantitative estimate of drug-likeness (QED) is 0.535. The lowest BCUT2D eigenvalue weighted by Gasteiger charge is -2.39. The minimum Gasteiger partial charge on any atom is -0.459 e. The number of carbonyl (C=O) groups is 1. The molecule has 4 heterocycles. The summed E-state index contributed by atoms with van der Waals surface area (Å²) in [6, 6.07) is 8.09. The Hall–Kier alpha value is -1.11. The number of likely N-dealkylation sites (tertiary alicyclic amines) is 2. The number of ether oxygens (including phenoxy) is 1. The van der Waals surface area contributed by atoms with Crippen LogP contribution in [0, 0.1) is 5.92 Å². The van der Waals surface area contributed by atoms with Gasteiger partial charge in [0.1, 0.15) is 5.60 Å². The molecule has 0 radical (unpaired) electrons. The van der Waals surface area contributed by atoms with Gasteiger partial charge in [-0.05, 0) is 65.3 Å². The van der Waals surface area contributed by atoms with E-state index in [0.717, 1.165) is 69.1 Å². The van der Waals surface area contributed by atoms with Crippen molar-refractivity contribution in [2.24, 2.45) is 5.92 Å². The van der Waals surface area contributed by atoms with Crippen LogP contribution in [0.15, 0.2) is 35.0 Å². The number of benzene rings is 1. The van der Waals surface area contributed by atoms with Crippen molar-refractivity contribution in [3.63, 3.8) is 0 Å². The molecule has 0 aliphatic carbocycles.